The van der Waals surface area contributed by atoms with Crippen molar-refractivity contribution >= 4 is 0 Å². The topological polar surface area (TPSA) is 51.5 Å². The highest BCUT2D eigenvalue weighted by Gasteiger charge is 2.05. The number of aryl methyl sites for hydroxylation is 1. The molecule has 0 aromatic heterocycles. The van der Waals surface area contributed by atoms with E-state index in [2.05, 4.69) is 6.07 Å². The Kier molecular flexibility index (Phi) is 5.05. The van der Waals surface area contributed by atoms with Gasteiger partial charge in [0.25, 0.3) is 0 Å². The number of nitriles is 1. The summed E-state index contributed by atoms with van der Waals surface area (Å²) in [5.74, 6) is 1.95. The molecular weight excluding hydrogens is 266 g/mol. The SMILES string of the molecule is COc1cc(C)ccc1OCCOc1ccccc1C#N. The number of para-hydroxylation sites is 1. The van der Waals surface area contributed by atoms with Gasteiger partial charge in [0.1, 0.15) is 25.0 Å². The molecule has 0 aliphatic heterocycles. The van der Waals surface area contributed by atoms with Gasteiger partial charge in [0.15, 0.2) is 11.5 Å². The lowest BCUT2D eigenvalue weighted by molar-refractivity contribution is 0.211. The summed E-state index contributed by atoms with van der Waals surface area (Å²) in [6.45, 7) is 2.73. The number of hydrogen-bond acceptors (Lipinski definition) is 4. The van der Waals surface area contributed by atoms with Gasteiger partial charge in [0, 0.05) is 0 Å². The average molecular weight is 283 g/mol. The Labute approximate surface area is 124 Å². The maximum Gasteiger partial charge on any atom is 0.161 e. The van der Waals surface area contributed by atoms with Gasteiger partial charge in [0.2, 0.25) is 0 Å². The van der Waals surface area contributed by atoms with Gasteiger partial charge in [-0.05, 0) is 36.8 Å². The molecule has 0 atom stereocenters. The number of nitrogens with zero attached hydrogens (tertiary/aromatic N) is 1. The Morgan fingerprint density at radius 2 is 1.67 bits per heavy atom. The number of rotatable bonds is 6. The molecule has 4 nitrogen and oxygen atoms in total. The van der Waals surface area contributed by atoms with Gasteiger partial charge in [-0.3, -0.25) is 0 Å². The summed E-state index contributed by atoms with van der Waals surface area (Å²) in [6.07, 6.45) is 0. The molecule has 2 aromatic rings. The second kappa shape index (κ2) is 7.20. The van der Waals surface area contributed by atoms with E-state index in [4.69, 9.17) is 19.5 Å². The third kappa shape index (κ3) is 3.90. The average Bonchev–Trinajstić information content (AvgIpc) is 2.52. The van der Waals surface area contributed by atoms with Crippen molar-refractivity contribution in [2.24, 2.45) is 0 Å². The zero-order valence-electron chi connectivity index (χ0n) is 12.1. The van der Waals surface area contributed by atoms with Crippen molar-refractivity contribution in [3.05, 3.63) is 53.6 Å². The van der Waals surface area contributed by atoms with E-state index in [1.165, 1.54) is 0 Å². The van der Waals surface area contributed by atoms with E-state index in [1.807, 2.05) is 31.2 Å². The summed E-state index contributed by atoms with van der Waals surface area (Å²) in [7, 11) is 1.61. The number of methoxy groups -OCH3 is 1. The molecule has 0 aliphatic carbocycles. The molecule has 108 valence electrons. The van der Waals surface area contributed by atoms with E-state index >= 15 is 0 Å². The van der Waals surface area contributed by atoms with Gasteiger partial charge in [-0.2, -0.15) is 5.26 Å². The van der Waals surface area contributed by atoms with E-state index < -0.39 is 0 Å². The van der Waals surface area contributed by atoms with Crippen molar-refractivity contribution in [3.63, 3.8) is 0 Å². The molecular formula is C17H17NO3. The maximum atomic E-state index is 8.97. The molecule has 0 radical (unpaired) electrons. The summed E-state index contributed by atoms with van der Waals surface area (Å²) >= 11 is 0. The fourth-order valence-electron chi connectivity index (χ4n) is 1.88. The zero-order chi connectivity index (χ0) is 15.1. The van der Waals surface area contributed by atoms with Crippen LogP contribution in [-0.2, 0) is 0 Å². The van der Waals surface area contributed by atoms with Gasteiger partial charge in [-0.25, -0.2) is 0 Å². The summed E-state index contributed by atoms with van der Waals surface area (Å²) in [5, 5.41) is 8.97. The van der Waals surface area contributed by atoms with Crippen molar-refractivity contribution in [1.29, 1.82) is 5.26 Å². The number of benzene rings is 2. The quantitative estimate of drug-likeness (QED) is 0.763. The van der Waals surface area contributed by atoms with E-state index in [1.54, 1.807) is 25.3 Å². The van der Waals surface area contributed by atoms with Crippen molar-refractivity contribution in [1.82, 2.24) is 0 Å². The Morgan fingerprint density at radius 1 is 0.952 bits per heavy atom. The van der Waals surface area contributed by atoms with E-state index in [-0.39, 0.29) is 0 Å². The minimum atomic E-state index is 0.357. The van der Waals surface area contributed by atoms with Crippen LogP contribution in [-0.4, -0.2) is 20.3 Å². The van der Waals surface area contributed by atoms with Gasteiger partial charge < -0.3 is 14.2 Å². The van der Waals surface area contributed by atoms with Crippen molar-refractivity contribution < 1.29 is 14.2 Å². The van der Waals surface area contributed by atoms with Gasteiger partial charge >= 0.3 is 0 Å². The highest BCUT2D eigenvalue weighted by molar-refractivity contribution is 5.43. The van der Waals surface area contributed by atoms with E-state index in [0.717, 1.165) is 5.56 Å². The molecule has 0 unspecified atom stereocenters. The molecule has 0 fully saturated rings. The van der Waals surface area contributed by atoms with Crippen LogP contribution in [0.4, 0.5) is 0 Å². The lowest BCUT2D eigenvalue weighted by Crippen LogP contribution is -2.10. The minimum Gasteiger partial charge on any atom is -0.493 e. The summed E-state index contributed by atoms with van der Waals surface area (Å²) in [6, 6.07) is 15.0. The van der Waals surface area contributed by atoms with Gasteiger partial charge in [-0.15, -0.1) is 0 Å². The molecule has 0 bridgehead atoms. The molecule has 2 aromatic carbocycles. The van der Waals surface area contributed by atoms with E-state index in [9.17, 15) is 0 Å². The van der Waals surface area contributed by atoms with Crippen LogP contribution in [0.2, 0.25) is 0 Å². The normalized spacial score (nSPS) is 9.76. The fraction of sp³-hybridized carbons (Fsp3) is 0.235. The third-order valence-electron chi connectivity index (χ3n) is 2.93. The van der Waals surface area contributed by atoms with Crippen LogP contribution >= 0.6 is 0 Å². The van der Waals surface area contributed by atoms with Crippen LogP contribution in [0.1, 0.15) is 11.1 Å². The lowest BCUT2D eigenvalue weighted by Gasteiger charge is -2.12. The highest BCUT2D eigenvalue weighted by atomic mass is 16.5. The van der Waals surface area contributed by atoms with Crippen molar-refractivity contribution in [2.45, 2.75) is 6.92 Å². The second-order valence-electron chi connectivity index (χ2n) is 4.46. The van der Waals surface area contributed by atoms with Crippen molar-refractivity contribution in [3.8, 4) is 23.3 Å². The highest BCUT2D eigenvalue weighted by Crippen LogP contribution is 2.27. The molecule has 2 rings (SSSR count). The van der Waals surface area contributed by atoms with E-state index in [0.29, 0.717) is 36.0 Å². The first-order valence-corrected chi connectivity index (χ1v) is 6.64. The van der Waals surface area contributed by atoms with Gasteiger partial charge in [0.05, 0.1) is 12.7 Å². The van der Waals surface area contributed by atoms with Crippen LogP contribution in [0.5, 0.6) is 17.2 Å². The molecule has 4 heteroatoms. The molecule has 0 saturated carbocycles. The molecule has 0 saturated heterocycles. The maximum absolute atomic E-state index is 8.97. The van der Waals surface area contributed by atoms with Crippen LogP contribution in [0.25, 0.3) is 0 Å². The first-order valence-electron chi connectivity index (χ1n) is 6.64. The molecule has 0 heterocycles. The second-order valence-corrected chi connectivity index (χ2v) is 4.46. The largest absolute Gasteiger partial charge is 0.493 e. The summed E-state index contributed by atoms with van der Waals surface area (Å²) < 4.78 is 16.5. The van der Waals surface area contributed by atoms with Crippen LogP contribution < -0.4 is 14.2 Å². The summed E-state index contributed by atoms with van der Waals surface area (Å²) in [4.78, 5) is 0. The smallest absolute Gasteiger partial charge is 0.161 e. The lowest BCUT2D eigenvalue weighted by atomic mass is 10.2. The summed E-state index contributed by atoms with van der Waals surface area (Å²) in [5.41, 5.74) is 1.63. The van der Waals surface area contributed by atoms with Crippen LogP contribution in [0, 0.1) is 18.3 Å². The molecule has 0 N–H and O–H groups in total. The fourth-order valence-corrected chi connectivity index (χ4v) is 1.88. The molecule has 0 aliphatic rings. The minimum absolute atomic E-state index is 0.357. The van der Waals surface area contributed by atoms with Crippen LogP contribution in [0.3, 0.4) is 0 Å². The molecule has 21 heavy (non-hydrogen) atoms. The van der Waals surface area contributed by atoms with Crippen LogP contribution in [0.15, 0.2) is 42.5 Å². The predicted molar refractivity (Wildman–Crippen MR) is 79.9 cm³/mol. The number of hydrogen-bond donors (Lipinski definition) is 0. The Balaban J connectivity index is 1.89. The zero-order valence-corrected chi connectivity index (χ0v) is 12.1. The number of ether oxygens (including phenoxy) is 3. The molecule has 0 spiro atoms. The first kappa shape index (κ1) is 14.7. The Morgan fingerprint density at radius 3 is 2.38 bits per heavy atom. The monoisotopic (exact) mass is 283 g/mol. The first-order chi connectivity index (χ1) is 10.2. The Bertz CT molecular complexity index is 647. The Hall–Kier alpha value is -2.67. The van der Waals surface area contributed by atoms with Gasteiger partial charge in [-0.1, -0.05) is 18.2 Å². The standard InChI is InChI=1S/C17H17NO3/c1-13-7-8-16(17(11-13)19-2)21-10-9-20-15-6-4-3-5-14(15)12-18/h3-8,11H,9-10H2,1-2H3. The van der Waals surface area contributed by atoms with Crippen molar-refractivity contribution in [2.75, 3.05) is 20.3 Å². The third-order valence-corrected chi connectivity index (χ3v) is 2.93. The predicted octanol–water partition coefficient (Wildman–Crippen LogP) is 3.33. The molecule has 0 amide bonds.